The highest BCUT2D eigenvalue weighted by molar-refractivity contribution is 9.11. The Morgan fingerprint density at radius 3 is 2.84 bits per heavy atom. The molecule has 1 aromatic rings. The van der Waals surface area contributed by atoms with Crippen molar-refractivity contribution in [2.24, 2.45) is 10.9 Å². The van der Waals surface area contributed by atoms with Gasteiger partial charge in [0.05, 0.1) is 10.3 Å². The van der Waals surface area contributed by atoms with Crippen LogP contribution in [0.4, 0.5) is 0 Å². The molecule has 1 aliphatic rings. The molecule has 0 radical (unpaired) electrons. The number of halogens is 1. The minimum absolute atomic E-state index is 0.688. The molecule has 2 rings (SSSR count). The summed E-state index contributed by atoms with van der Waals surface area (Å²) >= 11 is 7.25. The third kappa shape index (κ3) is 4.50. The average Bonchev–Trinajstić information content (AvgIpc) is 3.01. The summed E-state index contributed by atoms with van der Waals surface area (Å²) in [5.41, 5.74) is 0. The van der Waals surface area contributed by atoms with Crippen LogP contribution in [-0.2, 0) is 6.42 Å². The highest BCUT2D eigenvalue weighted by Crippen LogP contribution is 2.30. The van der Waals surface area contributed by atoms with E-state index in [1.54, 1.807) is 0 Å². The van der Waals surface area contributed by atoms with E-state index in [0.29, 0.717) is 5.25 Å². The van der Waals surface area contributed by atoms with Crippen LogP contribution in [0.2, 0.25) is 0 Å². The van der Waals surface area contributed by atoms with E-state index in [2.05, 4.69) is 52.2 Å². The zero-order chi connectivity index (χ0) is 13.7. The van der Waals surface area contributed by atoms with Crippen LogP contribution in [-0.4, -0.2) is 23.5 Å². The molecule has 0 aliphatic carbocycles. The summed E-state index contributed by atoms with van der Waals surface area (Å²) in [6.07, 6.45) is 3.60. The Bertz CT molecular complexity index is 427. The lowest BCUT2D eigenvalue weighted by Crippen LogP contribution is -2.23. The van der Waals surface area contributed by atoms with Crippen molar-refractivity contribution >= 4 is 44.2 Å². The molecule has 0 saturated heterocycles. The van der Waals surface area contributed by atoms with Gasteiger partial charge in [0.25, 0.3) is 0 Å². The Labute approximate surface area is 132 Å². The molecular formula is C14H21BrN2S2. The van der Waals surface area contributed by atoms with Crippen LogP contribution in [0.1, 0.15) is 31.6 Å². The van der Waals surface area contributed by atoms with Gasteiger partial charge in [0.15, 0.2) is 5.17 Å². The maximum atomic E-state index is 4.63. The van der Waals surface area contributed by atoms with Gasteiger partial charge < -0.3 is 5.32 Å². The van der Waals surface area contributed by atoms with Crippen LogP contribution in [0.3, 0.4) is 0 Å². The van der Waals surface area contributed by atoms with Crippen molar-refractivity contribution in [2.75, 3.05) is 13.1 Å². The first-order valence-corrected chi connectivity index (χ1v) is 9.41. The normalized spacial score (nSPS) is 18.9. The summed E-state index contributed by atoms with van der Waals surface area (Å²) in [5.74, 6) is 0.807. The second kappa shape index (κ2) is 7.70. The van der Waals surface area contributed by atoms with Gasteiger partial charge in [-0.2, -0.15) is 0 Å². The standard InChI is InChI=1S/C14H21BrN2S2/c1-3-10(4-2)12-9-17-14(19-12)16-8-7-11-5-6-13(15)18-11/h5-6,10,12H,3-4,7-9H2,1-2H3,(H,16,17). The maximum absolute atomic E-state index is 4.63. The van der Waals surface area contributed by atoms with Gasteiger partial charge in [-0.15, -0.1) is 11.3 Å². The lowest BCUT2D eigenvalue weighted by atomic mass is 9.99. The fourth-order valence-corrected chi connectivity index (χ4v) is 5.16. The van der Waals surface area contributed by atoms with E-state index in [-0.39, 0.29) is 0 Å². The molecule has 0 saturated carbocycles. The molecule has 1 atom stereocenters. The Balaban J connectivity index is 1.70. The smallest absolute Gasteiger partial charge is 0.156 e. The van der Waals surface area contributed by atoms with Gasteiger partial charge in [0, 0.05) is 16.7 Å². The van der Waals surface area contributed by atoms with Gasteiger partial charge in [-0.3, -0.25) is 4.99 Å². The molecule has 0 amide bonds. The molecule has 0 fully saturated rings. The molecule has 0 spiro atoms. The lowest BCUT2D eigenvalue weighted by Gasteiger charge is -2.18. The Kier molecular flexibility index (Phi) is 6.23. The number of thioether (sulfide) groups is 1. The van der Waals surface area contributed by atoms with E-state index in [9.17, 15) is 0 Å². The zero-order valence-electron chi connectivity index (χ0n) is 11.5. The molecule has 1 aromatic heterocycles. The minimum atomic E-state index is 0.688. The fraction of sp³-hybridized carbons (Fsp3) is 0.643. The number of aliphatic imine (C=N–C) groups is 1. The number of nitrogens with one attached hydrogen (secondary N) is 1. The molecule has 0 aromatic carbocycles. The van der Waals surface area contributed by atoms with E-state index in [4.69, 9.17) is 0 Å². The number of hydrogen-bond donors (Lipinski definition) is 1. The van der Waals surface area contributed by atoms with Crippen molar-refractivity contribution in [1.29, 1.82) is 0 Å². The van der Waals surface area contributed by atoms with Gasteiger partial charge in [0.1, 0.15) is 0 Å². The minimum Gasteiger partial charge on any atom is -0.365 e. The van der Waals surface area contributed by atoms with E-state index < -0.39 is 0 Å². The Hall–Kier alpha value is -0.000000000000000111. The van der Waals surface area contributed by atoms with Crippen molar-refractivity contribution < 1.29 is 0 Å². The van der Waals surface area contributed by atoms with Gasteiger partial charge in [-0.25, -0.2) is 0 Å². The Morgan fingerprint density at radius 1 is 1.42 bits per heavy atom. The first-order chi connectivity index (χ1) is 9.22. The van der Waals surface area contributed by atoms with E-state index in [1.165, 1.54) is 21.5 Å². The molecule has 1 aliphatic heterocycles. The number of amidine groups is 1. The second-order valence-electron chi connectivity index (χ2n) is 4.76. The summed E-state index contributed by atoms with van der Waals surface area (Å²) in [4.78, 5) is 6.05. The molecule has 2 heterocycles. The van der Waals surface area contributed by atoms with Crippen molar-refractivity contribution in [3.8, 4) is 0 Å². The zero-order valence-corrected chi connectivity index (χ0v) is 14.7. The highest BCUT2D eigenvalue weighted by atomic mass is 79.9. The van der Waals surface area contributed by atoms with Crippen LogP contribution in [0.5, 0.6) is 0 Å². The molecule has 106 valence electrons. The van der Waals surface area contributed by atoms with Crippen LogP contribution in [0.15, 0.2) is 20.9 Å². The molecular weight excluding hydrogens is 340 g/mol. The van der Waals surface area contributed by atoms with E-state index in [1.807, 2.05) is 23.1 Å². The molecule has 1 unspecified atom stereocenters. The first-order valence-electron chi connectivity index (χ1n) is 6.92. The van der Waals surface area contributed by atoms with E-state index in [0.717, 1.165) is 30.6 Å². The summed E-state index contributed by atoms with van der Waals surface area (Å²) in [6.45, 7) is 6.54. The topological polar surface area (TPSA) is 24.4 Å². The van der Waals surface area contributed by atoms with Gasteiger partial charge in [0.2, 0.25) is 0 Å². The third-order valence-electron chi connectivity index (χ3n) is 3.53. The number of hydrogen-bond acceptors (Lipinski definition) is 4. The monoisotopic (exact) mass is 360 g/mol. The molecule has 19 heavy (non-hydrogen) atoms. The Morgan fingerprint density at radius 2 is 2.21 bits per heavy atom. The average molecular weight is 361 g/mol. The number of nitrogens with zero attached hydrogens (tertiary/aromatic N) is 1. The highest BCUT2D eigenvalue weighted by Gasteiger charge is 2.25. The summed E-state index contributed by atoms with van der Waals surface area (Å²) in [5, 5.41) is 5.31. The lowest BCUT2D eigenvalue weighted by molar-refractivity contribution is 0.479. The summed E-state index contributed by atoms with van der Waals surface area (Å²) in [6, 6.07) is 4.30. The van der Waals surface area contributed by atoms with Gasteiger partial charge in [-0.1, -0.05) is 38.5 Å². The third-order valence-corrected chi connectivity index (χ3v) is 6.55. The van der Waals surface area contributed by atoms with Crippen molar-refractivity contribution in [1.82, 2.24) is 5.32 Å². The molecule has 0 bridgehead atoms. The SMILES string of the molecule is CCC(CC)C1CN=C(NCCc2ccc(Br)s2)S1. The van der Waals surface area contributed by atoms with Crippen molar-refractivity contribution in [2.45, 2.75) is 38.4 Å². The van der Waals surface area contributed by atoms with Crippen LogP contribution < -0.4 is 5.32 Å². The second-order valence-corrected chi connectivity index (χ2v) is 8.54. The predicted octanol–water partition coefficient (Wildman–Crippen LogP) is 4.55. The van der Waals surface area contributed by atoms with Crippen molar-refractivity contribution in [3.63, 3.8) is 0 Å². The maximum Gasteiger partial charge on any atom is 0.156 e. The molecule has 2 nitrogen and oxygen atoms in total. The van der Waals surface area contributed by atoms with Crippen LogP contribution >= 0.6 is 39.0 Å². The number of rotatable bonds is 6. The van der Waals surface area contributed by atoms with Gasteiger partial charge >= 0.3 is 0 Å². The summed E-state index contributed by atoms with van der Waals surface area (Å²) < 4.78 is 1.21. The number of thiophene rings is 1. The predicted molar refractivity (Wildman–Crippen MR) is 91.5 cm³/mol. The molecule has 5 heteroatoms. The van der Waals surface area contributed by atoms with Crippen LogP contribution in [0, 0.1) is 5.92 Å². The quantitative estimate of drug-likeness (QED) is 0.804. The fourth-order valence-electron chi connectivity index (χ4n) is 2.33. The van der Waals surface area contributed by atoms with E-state index >= 15 is 0 Å². The summed E-state index contributed by atoms with van der Waals surface area (Å²) in [7, 11) is 0. The van der Waals surface area contributed by atoms with Gasteiger partial charge in [-0.05, 0) is 40.4 Å². The first kappa shape index (κ1) is 15.4. The largest absolute Gasteiger partial charge is 0.365 e. The molecule has 1 N–H and O–H groups in total. The van der Waals surface area contributed by atoms with Crippen molar-refractivity contribution in [3.05, 3.63) is 20.8 Å². The van der Waals surface area contributed by atoms with Crippen LogP contribution in [0.25, 0.3) is 0 Å².